The van der Waals surface area contributed by atoms with Gasteiger partial charge in [0.25, 0.3) is 0 Å². The molecule has 1 atom stereocenters. The molecule has 0 heterocycles. The monoisotopic (exact) mass is 218 g/mol. The first-order valence-electron chi connectivity index (χ1n) is 5.02. The van der Waals surface area contributed by atoms with Crippen molar-refractivity contribution in [2.45, 2.75) is 26.3 Å². The fourth-order valence-electron chi connectivity index (χ4n) is 1.51. The molecule has 0 aromatic heterocycles. The molecule has 0 aliphatic heterocycles. The number of nitrogens with zero attached hydrogens (tertiary/aromatic N) is 1. The van der Waals surface area contributed by atoms with Crippen LogP contribution in [0, 0.1) is 18.3 Å². The van der Waals surface area contributed by atoms with Gasteiger partial charge in [-0.15, -0.1) is 0 Å². The number of carboxylic acid groups (broad SMARTS) is 1. The van der Waals surface area contributed by atoms with Crippen LogP contribution in [0.15, 0.2) is 18.2 Å². The second kappa shape index (κ2) is 5.17. The number of carboxylic acids is 1. The van der Waals surface area contributed by atoms with Crippen molar-refractivity contribution < 1.29 is 9.90 Å². The summed E-state index contributed by atoms with van der Waals surface area (Å²) in [5, 5.41) is 20.6. The zero-order chi connectivity index (χ0) is 12.1. The van der Waals surface area contributed by atoms with Gasteiger partial charge in [0.15, 0.2) is 0 Å². The number of benzene rings is 1. The Morgan fingerprint density at radius 3 is 2.88 bits per heavy atom. The molecule has 16 heavy (non-hydrogen) atoms. The number of nitriles is 1. The summed E-state index contributed by atoms with van der Waals surface area (Å²) in [5.74, 6) is -0.855. The Morgan fingerprint density at radius 2 is 2.31 bits per heavy atom. The number of aliphatic carboxylic acids is 1. The van der Waals surface area contributed by atoms with Crippen molar-refractivity contribution >= 4 is 11.7 Å². The lowest BCUT2D eigenvalue weighted by atomic mass is 10.1. The van der Waals surface area contributed by atoms with Crippen molar-refractivity contribution in [3.05, 3.63) is 29.3 Å². The van der Waals surface area contributed by atoms with E-state index in [1.54, 1.807) is 19.1 Å². The number of rotatable bonds is 4. The fourth-order valence-corrected chi connectivity index (χ4v) is 1.51. The third kappa shape index (κ3) is 2.99. The highest BCUT2D eigenvalue weighted by molar-refractivity contribution is 5.69. The van der Waals surface area contributed by atoms with Crippen LogP contribution in [0.25, 0.3) is 0 Å². The minimum atomic E-state index is -0.855. The first-order valence-corrected chi connectivity index (χ1v) is 5.02. The molecule has 0 aliphatic carbocycles. The molecule has 4 heteroatoms. The van der Waals surface area contributed by atoms with E-state index < -0.39 is 5.97 Å². The van der Waals surface area contributed by atoms with Crippen LogP contribution in [-0.2, 0) is 4.79 Å². The van der Waals surface area contributed by atoms with E-state index in [-0.39, 0.29) is 12.5 Å². The largest absolute Gasteiger partial charge is 0.481 e. The first-order chi connectivity index (χ1) is 7.54. The van der Waals surface area contributed by atoms with Crippen LogP contribution in [0.4, 0.5) is 5.69 Å². The smallest absolute Gasteiger partial charge is 0.305 e. The summed E-state index contributed by atoms with van der Waals surface area (Å²) in [6.07, 6.45) is 0.0270. The Bertz CT molecular complexity index is 435. The fraction of sp³-hybridized carbons (Fsp3) is 0.333. The van der Waals surface area contributed by atoms with Gasteiger partial charge in [-0.1, -0.05) is 12.1 Å². The summed E-state index contributed by atoms with van der Waals surface area (Å²) in [4.78, 5) is 10.5. The zero-order valence-corrected chi connectivity index (χ0v) is 9.32. The Kier molecular flexibility index (Phi) is 3.90. The summed E-state index contributed by atoms with van der Waals surface area (Å²) in [6, 6.07) is 7.29. The van der Waals surface area contributed by atoms with Crippen LogP contribution >= 0.6 is 0 Å². The van der Waals surface area contributed by atoms with Crippen LogP contribution in [0.2, 0.25) is 0 Å². The van der Waals surface area contributed by atoms with Crippen molar-refractivity contribution in [1.82, 2.24) is 0 Å². The Labute approximate surface area is 94.5 Å². The number of carbonyl (C=O) groups is 1. The molecule has 0 bridgehead atoms. The van der Waals surface area contributed by atoms with Gasteiger partial charge in [0, 0.05) is 6.04 Å². The molecule has 0 radical (unpaired) electrons. The van der Waals surface area contributed by atoms with E-state index in [0.717, 1.165) is 11.3 Å². The third-order valence-electron chi connectivity index (χ3n) is 2.26. The zero-order valence-electron chi connectivity index (χ0n) is 9.32. The highest BCUT2D eigenvalue weighted by Crippen LogP contribution is 2.20. The number of para-hydroxylation sites is 1. The third-order valence-corrected chi connectivity index (χ3v) is 2.26. The van der Waals surface area contributed by atoms with Crippen molar-refractivity contribution in [3.8, 4) is 6.07 Å². The highest BCUT2D eigenvalue weighted by atomic mass is 16.4. The van der Waals surface area contributed by atoms with Gasteiger partial charge in [-0.3, -0.25) is 4.79 Å². The molecular weight excluding hydrogens is 204 g/mol. The van der Waals surface area contributed by atoms with Crippen LogP contribution in [0.1, 0.15) is 24.5 Å². The number of anilines is 1. The molecule has 2 N–H and O–H groups in total. The summed E-state index contributed by atoms with van der Waals surface area (Å²) in [7, 11) is 0. The number of hydrogen-bond acceptors (Lipinski definition) is 3. The maximum absolute atomic E-state index is 10.5. The average molecular weight is 218 g/mol. The SMILES string of the molecule is Cc1cccc(C#N)c1NC(C)CC(=O)O. The Hall–Kier alpha value is -2.02. The van der Waals surface area contributed by atoms with Gasteiger partial charge in [-0.25, -0.2) is 0 Å². The van der Waals surface area contributed by atoms with Gasteiger partial charge in [0.05, 0.1) is 17.7 Å². The van der Waals surface area contributed by atoms with Crippen molar-refractivity contribution in [2.24, 2.45) is 0 Å². The Morgan fingerprint density at radius 1 is 1.62 bits per heavy atom. The average Bonchev–Trinajstić information content (AvgIpc) is 2.20. The van der Waals surface area contributed by atoms with E-state index in [4.69, 9.17) is 10.4 Å². The van der Waals surface area contributed by atoms with E-state index in [1.807, 2.05) is 13.0 Å². The molecule has 84 valence electrons. The molecule has 1 aromatic rings. The predicted octanol–water partition coefficient (Wildman–Crippen LogP) is 2.14. The topological polar surface area (TPSA) is 73.1 Å². The van der Waals surface area contributed by atoms with Crippen molar-refractivity contribution in [1.29, 1.82) is 5.26 Å². The maximum atomic E-state index is 10.5. The molecule has 0 saturated heterocycles. The molecule has 1 rings (SSSR count). The van der Waals surface area contributed by atoms with Crippen LogP contribution in [-0.4, -0.2) is 17.1 Å². The summed E-state index contributed by atoms with van der Waals surface area (Å²) in [5.41, 5.74) is 2.20. The molecule has 0 fully saturated rings. The van der Waals surface area contributed by atoms with Crippen molar-refractivity contribution in [3.63, 3.8) is 0 Å². The first kappa shape index (κ1) is 12.1. The van der Waals surface area contributed by atoms with Crippen LogP contribution in [0.3, 0.4) is 0 Å². The lowest BCUT2D eigenvalue weighted by molar-refractivity contribution is -0.137. The second-order valence-electron chi connectivity index (χ2n) is 3.75. The molecule has 1 aromatic carbocycles. The van der Waals surface area contributed by atoms with Crippen LogP contribution in [0.5, 0.6) is 0 Å². The second-order valence-corrected chi connectivity index (χ2v) is 3.75. The van der Waals surface area contributed by atoms with Gasteiger partial charge in [0.1, 0.15) is 6.07 Å². The molecule has 4 nitrogen and oxygen atoms in total. The minimum Gasteiger partial charge on any atom is -0.481 e. The highest BCUT2D eigenvalue weighted by Gasteiger charge is 2.11. The summed E-state index contributed by atoms with van der Waals surface area (Å²) < 4.78 is 0. The van der Waals surface area contributed by atoms with Gasteiger partial charge >= 0.3 is 5.97 Å². The number of aryl methyl sites for hydroxylation is 1. The number of nitrogens with one attached hydrogen (secondary N) is 1. The normalized spacial score (nSPS) is 11.6. The van der Waals surface area contributed by atoms with Gasteiger partial charge in [0.2, 0.25) is 0 Å². The van der Waals surface area contributed by atoms with Gasteiger partial charge < -0.3 is 10.4 Å². The standard InChI is InChI=1S/C12H14N2O2/c1-8-4-3-5-10(7-13)12(8)14-9(2)6-11(15)16/h3-5,9,14H,6H2,1-2H3,(H,15,16). The van der Waals surface area contributed by atoms with E-state index in [9.17, 15) is 4.79 Å². The molecule has 0 amide bonds. The quantitative estimate of drug-likeness (QED) is 0.812. The molecular formula is C12H14N2O2. The minimum absolute atomic E-state index is 0.0270. The summed E-state index contributed by atoms with van der Waals surface area (Å²) >= 11 is 0. The predicted molar refractivity (Wildman–Crippen MR) is 61.2 cm³/mol. The van der Waals surface area contributed by atoms with E-state index in [1.165, 1.54) is 0 Å². The lowest BCUT2D eigenvalue weighted by Crippen LogP contribution is -2.20. The van der Waals surface area contributed by atoms with E-state index in [0.29, 0.717) is 5.56 Å². The Balaban J connectivity index is 2.88. The van der Waals surface area contributed by atoms with Crippen LogP contribution < -0.4 is 5.32 Å². The summed E-state index contributed by atoms with van der Waals surface area (Å²) in [6.45, 7) is 3.67. The number of hydrogen-bond donors (Lipinski definition) is 2. The van der Waals surface area contributed by atoms with Crippen molar-refractivity contribution in [2.75, 3.05) is 5.32 Å². The lowest BCUT2D eigenvalue weighted by Gasteiger charge is -2.16. The molecule has 1 unspecified atom stereocenters. The van der Waals surface area contributed by atoms with E-state index >= 15 is 0 Å². The molecule has 0 saturated carbocycles. The maximum Gasteiger partial charge on any atom is 0.305 e. The van der Waals surface area contributed by atoms with Gasteiger partial charge in [-0.2, -0.15) is 5.26 Å². The molecule has 0 spiro atoms. The van der Waals surface area contributed by atoms with E-state index in [2.05, 4.69) is 11.4 Å². The van der Waals surface area contributed by atoms with Gasteiger partial charge in [-0.05, 0) is 25.5 Å². The molecule has 0 aliphatic rings.